The Morgan fingerprint density at radius 2 is 0.889 bits per heavy atom. The van der Waals surface area contributed by atoms with Crippen molar-refractivity contribution < 1.29 is 46.6 Å². The van der Waals surface area contributed by atoms with E-state index in [1.165, 1.54) is 0 Å². The van der Waals surface area contributed by atoms with E-state index in [2.05, 4.69) is 6.92 Å². The van der Waals surface area contributed by atoms with Crippen molar-refractivity contribution in [1.29, 1.82) is 0 Å². The monoisotopic (exact) mass is 344 g/mol. The maximum Gasteiger partial charge on any atom is 0.0483 e. The van der Waals surface area contributed by atoms with Crippen LogP contribution in [0.2, 0.25) is 0 Å². The SMILES string of the molecule is CC(C)O.CC(C)O.CC(C)O.CCCCO.[Zr]. The van der Waals surface area contributed by atoms with Gasteiger partial charge in [0.15, 0.2) is 0 Å². The van der Waals surface area contributed by atoms with Crippen LogP contribution in [0.25, 0.3) is 0 Å². The molecule has 5 heteroatoms. The second-order valence-electron chi connectivity index (χ2n) is 4.36. The van der Waals surface area contributed by atoms with Crippen LogP contribution in [0.3, 0.4) is 0 Å². The van der Waals surface area contributed by atoms with Crippen LogP contribution in [0, 0.1) is 0 Å². The average molecular weight is 346 g/mol. The van der Waals surface area contributed by atoms with Crippen molar-refractivity contribution >= 4 is 0 Å². The number of rotatable bonds is 2. The minimum atomic E-state index is -0.167. The molecule has 0 saturated carbocycles. The van der Waals surface area contributed by atoms with Gasteiger partial charge in [0.1, 0.15) is 0 Å². The van der Waals surface area contributed by atoms with E-state index in [0.29, 0.717) is 6.61 Å². The largest absolute Gasteiger partial charge is 0.396 e. The molecule has 114 valence electrons. The Morgan fingerprint density at radius 1 is 0.722 bits per heavy atom. The summed E-state index contributed by atoms with van der Waals surface area (Å²) in [5, 5.41) is 32.2. The van der Waals surface area contributed by atoms with Crippen molar-refractivity contribution in [3.05, 3.63) is 0 Å². The van der Waals surface area contributed by atoms with Crippen molar-refractivity contribution in [3.8, 4) is 0 Å². The Labute approximate surface area is 133 Å². The van der Waals surface area contributed by atoms with E-state index in [4.69, 9.17) is 20.4 Å². The number of unbranched alkanes of at least 4 members (excludes halogenated alkanes) is 1. The molecule has 0 atom stereocenters. The van der Waals surface area contributed by atoms with Crippen LogP contribution in [-0.2, 0) is 26.2 Å². The normalized spacial score (nSPS) is 8.33. The molecule has 0 aliphatic carbocycles. The minimum Gasteiger partial charge on any atom is -0.396 e. The molecule has 0 aliphatic rings. The van der Waals surface area contributed by atoms with E-state index in [9.17, 15) is 0 Å². The fourth-order valence-corrected chi connectivity index (χ4v) is 0.158. The zero-order valence-electron chi connectivity index (χ0n) is 13.1. The topological polar surface area (TPSA) is 80.9 Å². The van der Waals surface area contributed by atoms with Crippen LogP contribution in [-0.4, -0.2) is 45.3 Å². The van der Waals surface area contributed by atoms with E-state index in [1.807, 2.05) is 0 Å². The molecule has 18 heavy (non-hydrogen) atoms. The van der Waals surface area contributed by atoms with Crippen LogP contribution in [0.15, 0.2) is 0 Å². The summed E-state index contributed by atoms with van der Waals surface area (Å²) < 4.78 is 0. The molecule has 0 heterocycles. The molecule has 0 spiro atoms. The zero-order valence-corrected chi connectivity index (χ0v) is 15.6. The summed E-state index contributed by atoms with van der Waals surface area (Å²) in [5.74, 6) is 0. The van der Waals surface area contributed by atoms with Gasteiger partial charge in [-0.1, -0.05) is 13.3 Å². The minimum absolute atomic E-state index is 0. The molecule has 4 nitrogen and oxygen atoms in total. The quantitative estimate of drug-likeness (QED) is 0.616. The smallest absolute Gasteiger partial charge is 0.0483 e. The predicted octanol–water partition coefficient (Wildman–Crippen LogP) is 1.94. The molecule has 0 rings (SSSR count). The summed E-state index contributed by atoms with van der Waals surface area (Å²) in [7, 11) is 0. The van der Waals surface area contributed by atoms with Gasteiger partial charge in [0.25, 0.3) is 0 Å². The van der Waals surface area contributed by atoms with Gasteiger partial charge >= 0.3 is 0 Å². The summed E-state index contributed by atoms with van der Waals surface area (Å²) in [6.07, 6.45) is 1.54. The maximum absolute atomic E-state index is 8.07. The summed E-state index contributed by atoms with van der Waals surface area (Å²) in [6, 6.07) is 0. The maximum atomic E-state index is 8.07. The van der Waals surface area contributed by atoms with Gasteiger partial charge in [0.05, 0.1) is 0 Å². The van der Waals surface area contributed by atoms with Crippen LogP contribution in [0.5, 0.6) is 0 Å². The first-order valence-electron chi connectivity index (χ1n) is 6.26. The molecular formula is C13H34O4Zr. The molecule has 0 fully saturated rings. The first kappa shape index (κ1) is 31.2. The van der Waals surface area contributed by atoms with E-state index in [0.717, 1.165) is 12.8 Å². The number of hydrogen-bond donors (Lipinski definition) is 4. The molecule has 4 N–H and O–H groups in total. The Kier molecular flexibility index (Phi) is 53.1. The van der Waals surface area contributed by atoms with E-state index < -0.39 is 0 Å². The molecule has 0 amide bonds. The van der Waals surface area contributed by atoms with Crippen LogP contribution >= 0.6 is 0 Å². The van der Waals surface area contributed by atoms with Gasteiger partial charge in [-0.3, -0.25) is 0 Å². The van der Waals surface area contributed by atoms with Gasteiger partial charge < -0.3 is 20.4 Å². The average Bonchev–Trinajstić information content (AvgIpc) is 2.01. The van der Waals surface area contributed by atoms with Crippen molar-refractivity contribution in [2.24, 2.45) is 0 Å². The van der Waals surface area contributed by atoms with Crippen LogP contribution < -0.4 is 0 Å². The summed E-state index contributed by atoms with van der Waals surface area (Å²) in [5.41, 5.74) is 0. The van der Waals surface area contributed by atoms with Crippen LogP contribution in [0.4, 0.5) is 0 Å². The van der Waals surface area contributed by atoms with Gasteiger partial charge in [-0.05, 0) is 48.0 Å². The number of aliphatic hydroxyl groups is 4. The van der Waals surface area contributed by atoms with Gasteiger partial charge in [0.2, 0.25) is 0 Å². The molecule has 0 bridgehead atoms. The van der Waals surface area contributed by atoms with E-state index in [1.54, 1.807) is 41.5 Å². The fraction of sp³-hybridized carbons (Fsp3) is 1.00. The number of aliphatic hydroxyl groups excluding tert-OH is 4. The Hall–Kier alpha value is 0.723. The van der Waals surface area contributed by atoms with Gasteiger partial charge in [-0.25, -0.2) is 0 Å². The van der Waals surface area contributed by atoms with E-state index in [-0.39, 0.29) is 44.5 Å². The van der Waals surface area contributed by atoms with Gasteiger partial charge in [-0.2, -0.15) is 0 Å². The van der Waals surface area contributed by atoms with Crippen molar-refractivity contribution in [1.82, 2.24) is 0 Å². The molecule has 0 radical (unpaired) electrons. The van der Waals surface area contributed by atoms with Crippen molar-refractivity contribution in [3.63, 3.8) is 0 Å². The molecule has 0 aromatic carbocycles. The molecule has 0 saturated heterocycles. The third-order valence-corrected chi connectivity index (χ3v) is 0.512. The number of hydrogen-bond acceptors (Lipinski definition) is 4. The first-order valence-corrected chi connectivity index (χ1v) is 6.26. The third-order valence-electron chi connectivity index (χ3n) is 0.512. The fourth-order valence-electron chi connectivity index (χ4n) is 0.158. The Morgan fingerprint density at radius 3 is 0.889 bits per heavy atom. The zero-order chi connectivity index (χ0) is 14.9. The molecule has 0 unspecified atom stereocenters. The van der Waals surface area contributed by atoms with Gasteiger partial charge in [-0.15, -0.1) is 0 Å². The van der Waals surface area contributed by atoms with Crippen molar-refractivity contribution in [2.75, 3.05) is 6.61 Å². The molecule has 0 aromatic rings. The summed E-state index contributed by atoms with van der Waals surface area (Å²) >= 11 is 0. The van der Waals surface area contributed by atoms with E-state index >= 15 is 0 Å². The second kappa shape index (κ2) is 30.6. The predicted molar refractivity (Wildman–Crippen MR) is 74.1 cm³/mol. The standard InChI is InChI=1S/C4H10O.3C3H8O.Zr/c1-2-3-4-5;3*1-3(2)4;/h5H,2-4H2,1H3;3*3-4H,1-2H3;. The second-order valence-corrected chi connectivity index (χ2v) is 4.36. The van der Waals surface area contributed by atoms with Crippen LogP contribution in [0.1, 0.15) is 61.3 Å². The Balaban J connectivity index is -0.0000000412. The Bertz CT molecular complexity index is 74.5. The molecule has 0 aliphatic heterocycles. The van der Waals surface area contributed by atoms with Gasteiger partial charge in [0, 0.05) is 51.1 Å². The molecule has 0 aromatic heterocycles. The summed E-state index contributed by atoms with van der Waals surface area (Å²) in [4.78, 5) is 0. The third kappa shape index (κ3) is 558. The van der Waals surface area contributed by atoms with Crippen molar-refractivity contribution in [2.45, 2.75) is 79.6 Å². The first-order chi connectivity index (χ1) is 7.61. The molecular weight excluding hydrogens is 311 g/mol. The summed E-state index contributed by atoms with van der Waals surface area (Å²) in [6.45, 7) is 12.7.